The topological polar surface area (TPSA) is 93.4 Å². The van der Waals surface area contributed by atoms with Crippen molar-refractivity contribution < 1.29 is 14.3 Å². The quantitative estimate of drug-likeness (QED) is 0.650. The number of benzene rings is 1. The number of methoxy groups -OCH3 is 1. The minimum Gasteiger partial charge on any atom is -0.496 e. The molecule has 0 bridgehead atoms. The Kier molecular flexibility index (Phi) is 8.19. The summed E-state index contributed by atoms with van der Waals surface area (Å²) in [5.74, 6) is 0.428. The Balaban J connectivity index is 0.00000312. The number of ether oxygens (including phenoxy) is 1. The van der Waals surface area contributed by atoms with Crippen LogP contribution in [0.25, 0.3) is 0 Å². The summed E-state index contributed by atoms with van der Waals surface area (Å²) < 4.78 is 5.20. The summed E-state index contributed by atoms with van der Waals surface area (Å²) in [7, 11) is 1.51. The van der Waals surface area contributed by atoms with E-state index in [-0.39, 0.29) is 36.2 Å². The molecule has 4 N–H and O–H groups in total. The van der Waals surface area contributed by atoms with Crippen molar-refractivity contribution in [3.63, 3.8) is 0 Å². The Labute approximate surface area is 155 Å². The van der Waals surface area contributed by atoms with Crippen LogP contribution in [0.2, 0.25) is 0 Å². The maximum atomic E-state index is 12.5. The third-order valence-corrected chi connectivity index (χ3v) is 4.33. The number of nitrogens with one attached hydrogen (secondary N) is 2. The Morgan fingerprint density at radius 3 is 2.48 bits per heavy atom. The highest BCUT2D eigenvalue weighted by atomic mass is 35.5. The van der Waals surface area contributed by atoms with Gasteiger partial charge in [-0.25, -0.2) is 0 Å². The van der Waals surface area contributed by atoms with Crippen molar-refractivity contribution in [2.45, 2.75) is 38.8 Å². The first kappa shape index (κ1) is 21.3. The second kappa shape index (κ2) is 9.63. The second-order valence-corrected chi connectivity index (χ2v) is 6.64. The Hall–Kier alpha value is -1.79. The molecule has 6 nitrogen and oxygen atoms in total. The highest BCUT2D eigenvalue weighted by molar-refractivity contribution is 5.99. The number of carbonyl (C=O) groups is 2. The van der Waals surface area contributed by atoms with Crippen LogP contribution < -0.4 is 21.1 Å². The Bertz CT molecular complexity index is 591. The molecule has 0 heterocycles. The summed E-state index contributed by atoms with van der Waals surface area (Å²) in [4.78, 5) is 24.9. The number of amides is 2. The molecule has 0 aromatic heterocycles. The van der Waals surface area contributed by atoms with Gasteiger partial charge in [-0.1, -0.05) is 26.0 Å². The van der Waals surface area contributed by atoms with Gasteiger partial charge in [0.25, 0.3) is 5.91 Å². The first-order valence-corrected chi connectivity index (χ1v) is 8.41. The lowest BCUT2D eigenvalue weighted by molar-refractivity contribution is -0.124. The molecular weight excluding hydrogens is 342 g/mol. The zero-order valence-electron chi connectivity index (χ0n) is 15.0. The van der Waals surface area contributed by atoms with Crippen molar-refractivity contribution in [3.8, 4) is 5.75 Å². The lowest BCUT2D eigenvalue weighted by Gasteiger charge is -2.23. The molecule has 0 spiro atoms. The average molecular weight is 370 g/mol. The number of hydrogen-bond acceptors (Lipinski definition) is 4. The molecule has 0 radical (unpaired) electrons. The summed E-state index contributed by atoms with van der Waals surface area (Å²) in [6, 6.07) is 6.32. The molecule has 2 unspecified atom stereocenters. The molecule has 25 heavy (non-hydrogen) atoms. The number of halogens is 1. The maximum absolute atomic E-state index is 12.5. The standard InChI is InChI=1S/C18H27N3O3.ClH/c1-11(2)16(18(23)20-10-14(19)12-8-9-12)21-17(22)13-6-4-5-7-15(13)24-3;/h4-7,11-12,14,16H,8-10,19H2,1-3H3,(H,20,23)(H,21,22);1H. The average Bonchev–Trinajstić information content (AvgIpc) is 3.41. The molecule has 1 aliphatic carbocycles. The molecular formula is C18H28ClN3O3. The van der Waals surface area contributed by atoms with Gasteiger partial charge in [0.15, 0.2) is 0 Å². The number of para-hydroxylation sites is 1. The van der Waals surface area contributed by atoms with E-state index in [1.165, 1.54) is 7.11 Å². The van der Waals surface area contributed by atoms with Crippen molar-refractivity contribution >= 4 is 24.2 Å². The van der Waals surface area contributed by atoms with E-state index < -0.39 is 6.04 Å². The highest BCUT2D eigenvalue weighted by Gasteiger charge is 2.30. The normalized spacial score (nSPS) is 15.7. The molecule has 0 aliphatic heterocycles. The van der Waals surface area contributed by atoms with Crippen LogP contribution in [0.15, 0.2) is 24.3 Å². The van der Waals surface area contributed by atoms with Crippen LogP contribution in [0, 0.1) is 11.8 Å². The van der Waals surface area contributed by atoms with E-state index in [9.17, 15) is 9.59 Å². The van der Waals surface area contributed by atoms with Gasteiger partial charge in [-0.15, -0.1) is 12.4 Å². The Morgan fingerprint density at radius 1 is 1.28 bits per heavy atom. The number of carbonyl (C=O) groups excluding carboxylic acids is 2. The molecule has 1 aromatic rings. The van der Waals surface area contributed by atoms with E-state index in [4.69, 9.17) is 10.5 Å². The molecule has 0 saturated heterocycles. The van der Waals surface area contributed by atoms with Gasteiger partial charge in [-0.2, -0.15) is 0 Å². The molecule has 1 fully saturated rings. The van der Waals surface area contributed by atoms with Crippen LogP contribution in [0.4, 0.5) is 0 Å². The number of nitrogens with two attached hydrogens (primary N) is 1. The SMILES string of the molecule is COc1ccccc1C(=O)NC(C(=O)NCC(N)C1CC1)C(C)C.Cl. The van der Waals surface area contributed by atoms with Crippen LogP contribution in [-0.4, -0.2) is 37.6 Å². The fourth-order valence-corrected chi connectivity index (χ4v) is 2.61. The minimum absolute atomic E-state index is 0. The lowest BCUT2D eigenvalue weighted by atomic mass is 10.0. The van der Waals surface area contributed by atoms with Crippen LogP contribution in [0.5, 0.6) is 5.75 Å². The van der Waals surface area contributed by atoms with Crippen LogP contribution in [0.1, 0.15) is 37.0 Å². The van der Waals surface area contributed by atoms with Crippen LogP contribution in [-0.2, 0) is 4.79 Å². The molecule has 2 rings (SSSR count). The molecule has 1 aliphatic rings. The predicted molar refractivity (Wildman–Crippen MR) is 100 cm³/mol. The third-order valence-electron chi connectivity index (χ3n) is 4.33. The highest BCUT2D eigenvalue weighted by Crippen LogP contribution is 2.31. The molecule has 2 atom stereocenters. The lowest BCUT2D eigenvalue weighted by Crippen LogP contribution is -2.52. The summed E-state index contributed by atoms with van der Waals surface area (Å²) in [6.07, 6.45) is 2.27. The summed E-state index contributed by atoms with van der Waals surface area (Å²) >= 11 is 0. The fourth-order valence-electron chi connectivity index (χ4n) is 2.61. The first-order chi connectivity index (χ1) is 11.4. The van der Waals surface area contributed by atoms with Gasteiger partial charge < -0.3 is 21.1 Å². The van der Waals surface area contributed by atoms with Crippen molar-refractivity contribution in [1.29, 1.82) is 0 Å². The molecule has 2 amide bonds. The third kappa shape index (κ3) is 5.90. The van der Waals surface area contributed by atoms with E-state index in [0.29, 0.717) is 23.8 Å². The molecule has 1 aromatic carbocycles. The van der Waals surface area contributed by atoms with Crippen molar-refractivity contribution in [3.05, 3.63) is 29.8 Å². The fraction of sp³-hybridized carbons (Fsp3) is 0.556. The monoisotopic (exact) mass is 369 g/mol. The van der Waals surface area contributed by atoms with E-state index in [1.807, 2.05) is 13.8 Å². The zero-order chi connectivity index (χ0) is 17.7. The van der Waals surface area contributed by atoms with Gasteiger partial charge in [-0.3, -0.25) is 9.59 Å². The van der Waals surface area contributed by atoms with E-state index >= 15 is 0 Å². The zero-order valence-corrected chi connectivity index (χ0v) is 15.8. The maximum Gasteiger partial charge on any atom is 0.255 e. The molecule has 140 valence electrons. The van der Waals surface area contributed by atoms with Gasteiger partial charge in [0.1, 0.15) is 11.8 Å². The largest absolute Gasteiger partial charge is 0.496 e. The number of hydrogen-bond donors (Lipinski definition) is 3. The van der Waals surface area contributed by atoms with Crippen molar-refractivity contribution in [2.24, 2.45) is 17.6 Å². The van der Waals surface area contributed by atoms with Crippen molar-refractivity contribution in [2.75, 3.05) is 13.7 Å². The van der Waals surface area contributed by atoms with Crippen LogP contribution in [0.3, 0.4) is 0 Å². The van der Waals surface area contributed by atoms with Gasteiger partial charge in [0.2, 0.25) is 5.91 Å². The van der Waals surface area contributed by atoms with E-state index in [0.717, 1.165) is 12.8 Å². The number of rotatable bonds is 8. The molecule has 1 saturated carbocycles. The second-order valence-electron chi connectivity index (χ2n) is 6.64. The minimum atomic E-state index is -0.617. The van der Waals surface area contributed by atoms with Gasteiger partial charge in [-0.05, 0) is 36.8 Å². The smallest absolute Gasteiger partial charge is 0.255 e. The summed E-state index contributed by atoms with van der Waals surface area (Å²) in [5, 5.41) is 5.66. The van der Waals surface area contributed by atoms with E-state index in [2.05, 4.69) is 10.6 Å². The van der Waals surface area contributed by atoms with E-state index in [1.54, 1.807) is 24.3 Å². The predicted octanol–water partition coefficient (Wildman–Crippen LogP) is 1.72. The first-order valence-electron chi connectivity index (χ1n) is 8.41. The van der Waals surface area contributed by atoms with Crippen LogP contribution >= 0.6 is 12.4 Å². The summed E-state index contributed by atoms with van der Waals surface area (Å²) in [6.45, 7) is 4.23. The van der Waals surface area contributed by atoms with Crippen molar-refractivity contribution in [1.82, 2.24) is 10.6 Å². The van der Waals surface area contributed by atoms with Gasteiger partial charge in [0, 0.05) is 12.6 Å². The van der Waals surface area contributed by atoms with Gasteiger partial charge >= 0.3 is 0 Å². The molecule has 7 heteroatoms. The summed E-state index contributed by atoms with van der Waals surface area (Å²) in [5.41, 5.74) is 6.43. The van der Waals surface area contributed by atoms with Gasteiger partial charge in [0.05, 0.1) is 12.7 Å². The Morgan fingerprint density at radius 2 is 1.92 bits per heavy atom.